The van der Waals surface area contributed by atoms with E-state index in [1.54, 1.807) is 4.90 Å². The molecule has 0 bridgehead atoms. The lowest BCUT2D eigenvalue weighted by atomic mass is 10.2. The van der Waals surface area contributed by atoms with E-state index in [1.165, 1.54) is 24.3 Å². The molecule has 0 radical (unpaired) electrons. The fourth-order valence-corrected chi connectivity index (χ4v) is 3.58. The molecule has 0 aromatic heterocycles. The van der Waals surface area contributed by atoms with Crippen molar-refractivity contribution in [1.29, 1.82) is 5.26 Å². The van der Waals surface area contributed by atoms with Crippen molar-refractivity contribution in [2.24, 2.45) is 0 Å². The molecule has 0 aliphatic carbocycles. The number of piperazine rings is 1. The number of benzene rings is 1. The summed E-state index contributed by atoms with van der Waals surface area (Å²) in [4.78, 5) is 16.6. The van der Waals surface area contributed by atoms with Crippen LogP contribution >= 0.6 is 0 Å². The minimum atomic E-state index is -3.64. The van der Waals surface area contributed by atoms with Crippen LogP contribution < -0.4 is 4.72 Å². The van der Waals surface area contributed by atoms with Crippen molar-refractivity contribution in [2.45, 2.75) is 18.2 Å². The SMILES string of the molecule is CCN1CCN(C(=O)c2ccc(S(=O)(=O)NCCC#N)cc2)CC1. The van der Waals surface area contributed by atoms with E-state index in [9.17, 15) is 13.2 Å². The number of carbonyl (C=O) groups is 1. The molecule has 1 N–H and O–H groups in total. The summed E-state index contributed by atoms with van der Waals surface area (Å²) in [5.41, 5.74) is 0.482. The minimum absolute atomic E-state index is 0.0707. The minimum Gasteiger partial charge on any atom is -0.336 e. The van der Waals surface area contributed by atoms with Gasteiger partial charge in [-0.05, 0) is 30.8 Å². The maximum atomic E-state index is 12.5. The number of hydrogen-bond acceptors (Lipinski definition) is 5. The average molecular weight is 350 g/mol. The number of nitrogens with zero attached hydrogens (tertiary/aromatic N) is 3. The Labute approximate surface area is 142 Å². The van der Waals surface area contributed by atoms with E-state index >= 15 is 0 Å². The Hall–Kier alpha value is -1.95. The number of nitrogens with one attached hydrogen (secondary N) is 1. The van der Waals surface area contributed by atoms with Crippen LogP contribution in [0.3, 0.4) is 0 Å². The van der Waals surface area contributed by atoms with Gasteiger partial charge in [0.25, 0.3) is 5.91 Å². The van der Waals surface area contributed by atoms with Gasteiger partial charge in [0.2, 0.25) is 10.0 Å². The van der Waals surface area contributed by atoms with Crippen molar-refractivity contribution < 1.29 is 13.2 Å². The van der Waals surface area contributed by atoms with Crippen molar-refractivity contribution >= 4 is 15.9 Å². The number of carbonyl (C=O) groups excluding carboxylic acids is 1. The third kappa shape index (κ3) is 4.54. The number of likely N-dealkylation sites (N-methyl/N-ethyl adjacent to an activating group) is 1. The summed E-state index contributed by atoms with van der Waals surface area (Å²) in [6, 6.07) is 7.79. The highest BCUT2D eigenvalue weighted by atomic mass is 32.2. The van der Waals surface area contributed by atoms with Gasteiger partial charge in [0.1, 0.15) is 0 Å². The van der Waals surface area contributed by atoms with Crippen LogP contribution in [-0.4, -0.2) is 63.4 Å². The predicted octanol–water partition coefficient (Wildman–Crippen LogP) is 0.656. The molecule has 1 aliphatic rings. The molecular formula is C16H22N4O3S. The second-order valence-electron chi connectivity index (χ2n) is 5.56. The smallest absolute Gasteiger partial charge is 0.253 e. The van der Waals surface area contributed by atoms with Crippen molar-refractivity contribution in [1.82, 2.24) is 14.5 Å². The molecule has 2 rings (SSSR count). The van der Waals surface area contributed by atoms with Crippen molar-refractivity contribution in [2.75, 3.05) is 39.3 Å². The van der Waals surface area contributed by atoms with Gasteiger partial charge in [0.15, 0.2) is 0 Å². The van der Waals surface area contributed by atoms with Gasteiger partial charge in [0, 0.05) is 44.7 Å². The number of hydrogen-bond donors (Lipinski definition) is 1. The first kappa shape index (κ1) is 18.4. The summed E-state index contributed by atoms with van der Waals surface area (Å²) >= 11 is 0. The number of rotatable bonds is 6. The first-order chi connectivity index (χ1) is 11.5. The highest BCUT2D eigenvalue weighted by molar-refractivity contribution is 7.89. The third-order valence-electron chi connectivity index (χ3n) is 4.05. The van der Waals surface area contributed by atoms with Crippen LogP contribution in [0.5, 0.6) is 0 Å². The summed E-state index contributed by atoms with van der Waals surface area (Å²) in [7, 11) is -3.64. The summed E-state index contributed by atoms with van der Waals surface area (Å²) < 4.78 is 26.4. The molecule has 130 valence electrons. The molecule has 1 amide bonds. The quantitative estimate of drug-likeness (QED) is 0.761. The molecule has 0 spiro atoms. The Balaban J connectivity index is 2.01. The van der Waals surface area contributed by atoms with Gasteiger partial charge in [-0.1, -0.05) is 6.92 Å². The molecule has 1 fully saturated rings. The van der Waals surface area contributed by atoms with Crippen LogP contribution in [0, 0.1) is 11.3 Å². The Morgan fingerprint density at radius 3 is 2.38 bits per heavy atom. The van der Waals surface area contributed by atoms with Crippen molar-refractivity contribution in [3.05, 3.63) is 29.8 Å². The molecule has 1 aromatic rings. The largest absolute Gasteiger partial charge is 0.336 e. The van der Waals surface area contributed by atoms with Crippen LogP contribution in [0.25, 0.3) is 0 Å². The summed E-state index contributed by atoms with van der Waals surface area (Å²) in [5, 5.41) is 8.46. The fourth-order valence-electron chi connectivity index (χ4n) is 2.55. The molecule has 0 atom stereocenters. The molecule has 8 heteroatoms. The molecular weight excluding hydrogens is 328 g/mol. The van der Waals surface area contributed by atoms with Crippen LogP contribution in [0.1, 0.15) is 23.7 Å². The van der Waals surface area contributed by atoms with Crippen molar-refractivity contribution in [3.63, 3.8) is 0 Å². The lowest BCUT2D eigenvalue weighted by Crippen LogP contribution is -2.48. The van der Waals surface area contributed by atoms with E-state index in [1.807, 2.05) is 6.07 Å². The Morgan fingerprint density at radius 1 is 1.21 bits per heavy atom. The first-order valence-corrected chi connectivity index (χ1v) is 9.44. The molecule has 1 aliphatic heterocycles. The van der Waals surface area contributed by atoms with E-state index in [2.05, 4.69) is 16.5 Å². The fraction of sp³-hybridized carbons (Fsp3) is 0.500. The van der Waals surface area contributed by atoms with Gasteiger partial charge in [-0.15, -0.1) is 0 Å². The van der Waals surface area contributed by atoms with Crippen LogP contribution in [-0.2, 0) is 10.0 Å². The van der Waals surface area contributed by atoms with Gasteiger partial charge in [-0.25, -0.2) is 13.1 Å². The van der Waals surface area contributed by atoms with Gasteiger partial charge in [-0.3, -0.25) is 4.79 Å². The van der Waals surface area contributed by atoms with Gasteiger partial charge in [-0.2, -0.15) is 5.26 Å². The second kappa shape index (κ2) is 8.24. The topological polar surface area (TPSA) is 93.5 Å². The lowest BCUT2D eigenvalue weighted by molar-refractivity contribution is 0.0643. The van der Waals surface area contributed by atoms with E-state index in [0.717, 1.165) is 19.6 Å². The zero-order chi connectivity index (χ0) is 17.6. The van der Waals surface area contributed by atoms with E-state index in [0.29, 0.717) is 18.7 Å². The van der Waals surface area contributed by atoms with Gasteiger partial charge < -0.3 is 9.80 Å². The zero-order valence-corrected chi connectivity index (χ0v) is 14.6. The van der Waals surface area contributed by atoms with Crippen molar-refractivity contribution in [3.8, 4) is 6.07 Å². The number of amides is 1. The summed E-state index contributed by atoms with van der Waals surface area (Å²) in [5.74, 6) is -0.0767. The van der Waals surface area contributed by atoms with Crippen LogP contribution in [0.4, 0.5) is 0 Å². The maximum Gasteiger partial charge on any atom is 0.253 e. The predicted molar refractivity (Wildman–Crippen MR) is 89.9 cm³/mol. The van der Waals surface area contributed by atoms with E-state index in [4.69, 9.17) is 5.26 Å². The third-order valence-corrected chi connectivity index (χ3v) is 5.52. The van der Waals surface area contributed by atoms with Crippen LogP contribution in [0.15, 0.2) is 29.2 Å². The highest BCUT2D eigenvalue weighted by Gasteiger charge is 2.22. The van der Waals surface area contributed by atoms with E-state index in [-0.39, 0.29) is 23.8 Å². The molecule has 1 aromatic carbocycles. The summed E-state index contributed by atoms with van der Waals surface area (Å²) in [6.07, 6.45) is 0.111. The molecule has 1 saturated heterocycles. The number of nitriles is 1. The average Bonchev–Trinajstić information content (AvgIpc) is 2.61. The Kier molecular flexibility index (Phi) is 6.31. The molecule has 0 unspecified atom stereocenters. The lowest BCUT2D eigenvalue weighted by Gasteiger charge is -2.34. The molecule has 1 heterocycles. The van der Waals surface area contributed by atoms with Crippen LogP contribution in [0.2, 0.25) is 0 Å². The zero-order valence-electron chi connectivity index (χ0n) is 13.7. The molecule has 24 heavy (non-hydrogen) atoms. The number of sulfonamides is 1. The normalized spacial score (nSPS) is 15.9. The monoisotopic (exact) mass is 350 g/mol. The Bertz CT molecular complexity index is 702. The van der Waals surface area contributed by atoms with E-state index < -0.39 is 10.0 Å². The van der Waals surface area contributed by atoms with Gasteiger partial charge in [0.05, 0.1) is 11.0 Å². The summed E-state index contributed by atoms with van der Waals surface area (Å²) in [6.45, 7) is 6.23. The molecule has 7 nitrogen and oxygen atoms in total. The highest BCUT2D eigenvalue weighted by Crippen LogP contribution is 2.13. The van der Waals surface area contributed by atoms with Gasteiger partial charge >= 0.3 is 0 Å². The second-order valence-corrected chi connectivity index (χ2v) is 7.32. The standard InChI is InChI=1S/C16H22N4O3S/c1-2-19-10-12-20(13-11-19)16(21)14-4-6-15(7-5-14)24(22,23)18-9-3-8-17/h4-7,18H,2-3,9-13H2,1H3. The maximum absolute atomic E-state index is 12.5. The molecule has 0 saturated carbocycles. The Morgan fingerprint density at radius 2 is 1.83 bits per heavy atom. The first-order valence-electron chi connectivity index (χ1n) is 7.96.